The summed E-state index contributed by atoms with van der Waals surface area (Å²) in [5.74, 6) is -0.557. The van der Waals surface area contributed by atoms with E-state index in [1.807, 2.05) is 31.2 Å². The van der Waals surface area contributed by atoms with Gasteiger partial charge in [0.25, 0.3) is 11.8 Å². The Kier molecular flexibility index (Phi) is 5.65. The number of rotatable bonds is 5. The number of anilines is 2. The van der Waals surface area contributed by atoms with E-state index in [0.29, 0.717) is 26.4 Å². The largest absolute Gasteiger partial charge is 0.459 e. The molecule has 2 aromatic heterocycles. The van der Waals surface area contributed by atoms with E-state index < -0.39 is 5.91 Å². The van der Waals surface area contributed by atoms with Crippen molar-refractivity contribution in [2.45, 2.75) is 6.92 Å². The Morgan fingerprint density at radius 1 is 1.00 bits per heavy atom. The number of aryl methyl sites for hydroxylation is 1. The van der Waals surface area contributed by atoms with Crippen molar-refractivity contribution in [3.05, 3.63) is 88.8 Å². The Hall–Kier alpha value is -3.42. The van der Waals surface area contributed by atoms with E-state index in [9.17, 15) is 9.59 Å². The van der Waals surface area contributed by atoms with Gasteiger partial charge in [-0.2, -0.15) is 0 Å². The summed E-state index contributed by atoms with van der Waals surface area (Å²) < 4.78 is 5.16. The van der Waals surface area contributed by atoms with Crippen molar-refractivity contribution in [2.24, 2.45) is 0 Å². The van der Waals surface area contributed by atoms with Crippen LogP contribution in [0.1, 0.15) is 26.5 Å². The minimum Gasteiger partial charge on any atom is -0.459 e. The first-order valence-corrected chi connectivity index (χ1v) is 10.2. The highest BCUT2D eigenvalue weighted by Gasteiger charge is 2.19. The molecule has 0 spiro atoms. The van der Waals surface area contributed by atoms with Crippen LogP contribution in [0.4, 0.5) is 10.1 Å². The van der Waals surface area contributed by atoms with Gasteiger partial charge in [0.05, 0.1) is 6.26 Å². The summed E-state index contributed by atoms with van der Waals surface area (Å²) in [6.45, 7) is 1.99. The lowest BCUT2D eigenvalue weighted by Crippen LogP contribution is -2.11. The van der Waals surface area contributed by atoms with E-state index in [1.165, 1.54) is 6.26 Å². The van der Waals surface area contributed by atoms with Crippen LogP contribution in [0.15, 0.2) is 71.3 Å². The number of halogens is 1. The van der Waals surface area contributed by atoms with Crippen LogP contribution in [-0.4, -0.2) is 16.8 Å². The molecule has 6 nitrogen and oxygen atoms in total. The van der Waals surface area contributed by atoms with Gasteiger partial charge < -0.3 is 9.73 Å². The maximum absolute atomic E-state index is 12.6. The molecule has 8 heteroatoms. The van der Waals surface area contributed by atoms with E-state index >= 15 is 0 Å². The van der Waals surface area contributed by atoms with Crippen molar-refractivity contribution in [2.75, 3.05) is 10.6 Å². The Bertz CT molecular complexity index is 1200. The van der Waals surface area contributed by atoms with Crippen molar-refractivity contribution in [1.29, 1.82) is 0 Å². The minimum atomic E-state index is -0.398. The van der Waals surface area contributed by atoms with Gasteiger partial charge in [0.2, 0.25) is 0 Å². The summed E-state index contributed by atoms with van der Waals surface area (Å²) in [5, 5.41) is 6.91. The van der Waals surface area contributed by atoms with Crippen LogP contribution in [-0.2, 0) is 0 Å². The lowest BCUT2D eigenvalue weighted by atomic mass is 10.1. The Labute approximate surface area is 181 Å². The standard InChI is InChI=1S/C22H16ClN3O3S/c1-13-7-9-14(10-8-13)18-21(25-20(28)17-6-3-11-29-17)30-22(24-18)26-19(27)15-4-2-5-16(23)12-15/h2-12H,1H3,(H,25,28)(H,24,26,27). The number of hydrogen-bond donors (Lipinski definition) is 2. The monoisotopic (exact) mass is 437 g/mol. The molecule has 0 bridgehead atoms. The summed E-state index contributed by atoms with van der Waals surface area (Å²) in [4.78, 5) is 29.6. The van der Waals surface area contributed by atoms with E-state index in [2.05, 4.69) is 15.6 Å². The number of amides is 2. The lowest BCUT2D eigenvalue weighted by molar-refractivity contribution is 0.0995. The summed E-state index contributed by atoms with van der Waals surface area (Å²) in [6, 6.07) is 17.6. The smallest absolute Gasteiger partial charge is 0.292 e. The van der Waals surface area contributed by atoms with Gasteiger partial charge in [-0.3, -0.25) is 14.9 Å². The summed E-state index contributed by atoms with van der Waals surface area (Å²) >= 11 is 7.13. The highest BCUT2D eigenvalue weighted by atomic mass is 35.5. The molecular formula is C22H16ClN3O3S. The van der Waals surface area contributed by atoms with Crippen LogP contribution in [0.25, 0.3) is 11.3 Å². The third-order valence-corrected chi connectivity index (χ3v) is 5.35. The van der Waals surface area contributed by atoms with Crippen molar-refractivity contribution < 1.29 is 14.0 Å². The number of furan rings is 1. The number of nitrogens with one attached hydrogen (secondary N) is 2. The first-order chi connectivity index (χ1) is 14.5. The van der Waals surface area contributed by atoms with Gasteiger partial charge in [-0.1, -0.05) is 58.8 Å². The van der Waals surface area contributed by atoms with Crippen LogP contribution < -0.4 is 10.6 Å². The molecule has 2 N–H and O–H groups in total. The van der Waals surface area contributed by atoms with Gasteiger partial charge in [-0.05, 0) is 37.3 Å². The van der Waals surface area contributed by atoms with Crippen molar-refractivity contribution in [3.8, 4) is 11.3 Å². The molecule has 0 aliphatic heterocycles. The zero-order valence-electron chi connectivity index (χ0n) is 15.8. The molecule has 2 aromatic carbocycles. The first-order valence-electron chi connectivity index (χ1n) is 8.99. The molecule has 150 valence electrons. The second kappa shape index (κ2) is 8.52. The summed E-state index contributed by atoms with van der Waals surface area (Å²) in [5.41, 5.74) is 2.89. The Balaban J connectivity index is 1.65. The maximum atomic E-state index is 12.6. The summed E-state index contributed by atoms with van der Waals surface area (Å²) in [6.07, 6.45) is 1.43. The van der Waals surface area contributed by atoms with Gasteiger partial charge in [-0.15, -0.1) is 0 Å². The summed E-state index contributed by atoms with van der Waals surface area (Å²) in [7, 11) is 0. The van der Waals surface area contributed by atoms with Crippen molar-refractivity contribution in [1.82, 2.24) is 4.98 Å². The number of hydrogen-bond acceptors (Lipinski definition) is 5. The molecule has 0 fully saturated rings. The molecule has 4 rings (SSSR count). The molecule has 0 saturated carbocycles. The molecule has 2 heterocycles. The highest BCUT2D eigenvalue weighted by Crippen LogP contribution is 2.36. The second-order valence-electron chi connectivity index (χ2n) is 6.46. The molecule has 0 unspecified atom stereocenters. The fourth-order valence-corrected chi connectivity index (χ4v) is 3.81. The van der Waals surface area contributed by atoms with Gasteiger partial charge >= 0.3 is 0 Å². The van der Waals surface area contributed by atoms with Gasteiger partial charge in [0, 0.05) is 16.1 Å². The van der Waals surface area contributed by atoms with E-state index in [1.54, 1.807) is 36.4 Å². The quantitative estimate of drug-likeness (QED) is 0.409. The van der Waals surface area contributed by atoms with Gasteiger partial charge in [-0.25, -0.2) is 4.98 Å². The molecule has 0 atom stereocenters. The Morgan fingerprint density at radius 2 is 1.80 bits per heavy atom. The van der Waals surface area contributed by atoms with Crippen LogP contribution in [0, 0.1) is 6.92 Å². The number of thiazole rings is 1. The van der Waals surface area contributed by atoms with Gasteiger partial charge in [0.1, 0.15) is 10.7 Å². The van der Waals surface area contributed by atoms with E-state index in [4.69, 9.17) is 16.0 Å². The van der Waals surface area contributed by atoms with Crippen LogP contribution in [0.5, 0.6) is 0 Å². The van der Waals surface area contributed by atoms with Crippen molar-refractivity contribution in [3.63, 3.8) is 0 Å². The van der Waals surface area contributed by atoms with Crippen LogP contribution >= 0.6 is 22.9 Å². The molecular weight excluding hydrogens is 422 g/mol. The second-order valence-corrected chi connectivity index (χ2v) is 7.89. The Morgan fingerprint density at radius 3 is 2.50 bits per heavy atom. The van der Waals surface area contributed by atoms with Crippen molar-refractivity contribution >= 4 is 44.9 Å². The zero-order chi connectivity index (χ0) is 21.1. The first kappa shape index (κ1) is 19.9. The average Bonchev–Trinajstić information content (AvgIpc) is 3.39. The lowest BCUT2D eigenvalue weighted by Gasteiger charge is -2.04. The molecule has 4 aromatic rings. The maximum Gasteiger partial charge on any atom is 0.292 e. The predicted octanol–water partition coefficient (Wildman–Crippen LogP) is 5.87. The fraction of sp³-hybridized carbons (Fsp3) is 0.0455. The fourth-order valence-electron chi connectivity index (χ4n) is 2.74. The normalized spacial score (nSPS) is 10.6. The van der Waals surface area contributed by atoms with E-state index in [-0.39, 0.29) is 11.7 Å². The number of carbonyl (C=O) groups excluding carboxylic acids is 2. The molecule has 0 aliphatic rings. The van der Waals surface area contributed by atoms with Gasteiger partial charge in [0.15, 0.2) is 10.9 Å². The van der Waals surface area contributed by atoms with Crippen LogP contribution in [0.2, 0.25) is 5.02 Å². The molecule has 30 heavy (non-hydrogen) atoms. The molecule has 0 radical (unpaired) electrons. The minimum absolute atomic E-state index is 0.183. The van der Waals surface area contributed by atoms with Crippen LogP contribution in [0.3, 0.4) is 0 Å². The number of carbonyl (C=O) groups is 2. The van der Waals surface area contributed by atoms with E-state index in [0.717, 1.165) is 22.5 Å². The average molecular weight is 438 g/mol. The predicted molar refractivity (Wildman–Crippen MR) is 118 cm³/mol. The number of nitrogens with zero attached hydrogens (tertiary/aromatic N) is 1. The number of benzene rings is 2. The highest BCUT2D eigenvalue weighted by molar-refractivity contribution is 7.20. The topological polar surface area (TPSA) is 84.2 Å². The SMILES string of the molecule is Cc1ccc(-c2nc(NC(=O)c3cccc(Cl)c3)sc2NC(=O)c2ccco2)cc1. The third-order valence-electron chi connectivity index (χ3n) is 4.23. The molecule has 2 amide bonds. The molecule has 0 saturated heterocycles. The zero-order valence-corrected chi connectivity index (χ0v) is 17.4. The third kappa shape index (κ3) is 4.42. The number of aromatic nitrogens is 1. The molecule has 0 aliphatic carbocycles.